The smallest absolute Gasteiger partial charge is 0.305 e. The van der Waals surface area contributed by atoms with Gasteiger partial charge in [-0.05, 0) is 58.9 Å². The molecule has 184 valence electrons. The van der Waals surface area contributed by atoms with Gasteiger partial charge < -0.3 is 15.3 Å². The number of rotatable bonds is 11. The predicted octanol–water partition coefficient (Wildman–Crippen LogP) is 6.20. The average Bonchev–Trinajstić information content (AvgIpc) is 2.85. The van der Waals surface area contributed by atoms with Gasteiger partial charge in [0.1, 0.15) is 5.82 Å². The number of hydrogen-bond acceptors (Lipinski definition) is 3. The first kappa shape index (κ1) is 26.3. The maximum atomic E-state index is 13.7. The lowest BCUT2D eigenvalue weighted by Gasteiger charge is -2.34. The van der Waals surface area contributed by atoms with Gasteiger partial charge in [0.25, 0.3) is 0 Å². The quantitative estimate of drug-likeness (QED) is 0.308. The van der Waals surface area contributed by atoms with Crippen LogP contribution in [-0.4, -0.2) is 33.5 Å². The summed E-state index contributed by atoms with van der Waals surface area (Å²) in [6.07, 6.45) is 2.51. The van der Waals surface area contributed by atoms with E-state index in [0.717, 1.165) is 35.1 Å². The van der Waals surface area contributed by atoms with Crippen molar-refractivity contribution < 1.29 is 24.5 Å². The first-order valence-electron chi connectivity index (χ1n) is 12.0. The van der Waals surface area contributed by atoms with Crippen molar-refractivity contribution in [3.63, 3.8) is 0 Å². The molecule has 3 N–H and O–H groups in total. The summed E-state index contributed by atoms with van der Waals surface area (Å²) in [5, 5.41) is 28.9. The molecule has 3 rings (SSSR count). The molecule has 0 saturated carbocycles. The van der Waals surface area contributed by atoms with Gasteiger partial charge in [-0.15, -0.1) is 0 Å². The molecule has 5 heteroatoms. The largest absolute Gasteiger partial charge is 0.481 e. The topological polar surface area (TPSA) is 77.8 Å². The van der Waals surface area contributed by atoms with Gasteiger partial charge in [0.05, 0.1) is 18.6 Å². The van der Waals surface area contributed by atoms with Crippen LogP contribution in [0, 0.1) is 5.82 Å². The molecule has 0 bridgehead atoms. The SMILES string of the molecule is CCC(CC)(c1ccccc1)c1ccc(C=C[C@@H](O)C[C@@H](O)CC(=O)O)c(-c2ccc(F)cc2)c1. The lowest BCUT2D eigenvalue weighted by Crippen LogP contribution is -2.26. The number of aliphatic hydroxyl groups is 2. The van der Waals surface area contributed by atoms with Gasteiger partial charge in [-0.25, -0.2) is 4.39 Å². The Morgan fingerprint density at radius 2 is 1.60 bits per heavy atom. The highest BCUT2D eigenvalue weighted by Crippen LogP contribution is 2.41. The van der Waals surface area contributed by atoms with Crippen molar-refractivity contribution in [2.75, 3.05) is 0 Å². The minimum absolute atomic E-state index is 0.0739. The van der Waals surface area contributed by atoms with Crippen molar-refractivity contribution in [2.24, 2.45) is 0 Å². The van der Waals surface area contributed by atoms with Crippen LogP contribution in [0.15, 0.2) is 78.9 Å². The maximum absolute atomic E-state index is 13.7. The molecule has 0 spiro atoms. The molecule has 0 radical (unpaired) electrons. The molecule has 35 heavy (non-hydrogen) atoms. The summed E-state index contributed by atoms with van der Waals surface area (Å²) in [6.45, 7) is 4.36. The zero-order valence-corrected chi connectivity index (χ0v) is 20.2. The molecule has 0 aromatic heterocycles. The minimum Gasteiger partial charge on any atom is -0.481 e. The van der Waals surface area contributed by atoms with Crippen LogP contribution in [0.25, 0.3) is 17.2 Å². The van der Waals surface area contributed by atoms with E-state index in [1.807, 2.05) is 24.3 Å². The van der Waals surface area contributed by atoms with Gasteiger partial charge in [0, 0.05) is 11.8 Å². The van der Waals surface area contributed by atoms with Crippen LogP contribution in [0.2, 0.25) is 0 Å². The van der Waals surface area contributed by atoms with Crippen molar-refractivity contribution in [2.45, 2.75) is 57.2 Å². The number of aliphatic hydroxyl groups excluding tert-OH is 2. The summed E-state index contributed by atoms with van der Waals surface area (Å²) in [5.74, 6) is -1.43. The Balaban J connectivity index is 2.04. The minimum atomic E-state index is -1.13. The van der Waals surface area contributed by atoms with E-state index < -0.39 is 24.6 Å². The van der Waals surface area contributed by atoms with Gasteiger partial charge >= 0.3 is 5.97 Å². The van der Waals surface area contributed by atoms with Crippen molar-refractivity contribution in [3.8, 4) is 11.1 Å². The van der Waals surface area contributed by atoms with Gasteiger partial charge in [-0.3, -0.25) is 4.79 Å². The summed E-state index contributed by atoms with van der Waals surface area (Å²) in [4.78, 5) is 10.8. The number of carboxylic acid groups (broad SMARTS) is 1. The van der Waals surface area contributed by atoms with Gasteiger partial charge in [-0.2, -0.15) is 0 Å². The van der Waals surface area contributed by atoms with Crippen LogP contribution in [-0.2, 0) is 10.2 Å². The molecule has 0 aliphatic rings. The molecule has 0 saturated heterocycles. The lowest BCUT2D eigenvalue weighted by molar-refractivity contribution is -0.139. The van der Waals surface area contributed by atoms with E-state index in [-0.39, 0.29) is 17.7 Å². The van der Waals surface area contributed by atoms with Crippen LogP contribution in [0.4, 0.5) is 4.39 Å². The Bertz CT molecular complexity index is 1130. The third kappa shape index (κ3) is 6.44. The number of benzene rings is 3. The molecular formula is C30H33FO4. The molecule has 0 aliphatic heterocycles. The Labute approximate surface area is 206 Å². The second-order valence-electron chi connectivity index (χ2n) is 8.88. The number of carboxylic acids is 1. The fourth-order valence-corrected chi connectivity index (χ4v) is 4.73. The Hall–Kier alpha value is -3.28. The predicted molar refractivity (Wildman–Crippen MR) is 138 cm³/mol. The second kappa shape index (κ2) is 11.9. The Morgan fingerprint density at radius 3 is 2.20 bits per heavy atom. The molecule has 0 heterocycles. The molecule has 0 unspecified atom stereocenters. The van der Waals surface area contributed by atoms with Crippen LogP contribution < -0.4 is 0 Å². The monoisotopic (exact) mass is 476 g/mol. The molecule has 4 nitrogen and oxygen atoms in total. The number of carbonyl (C=O) groups is 1. The highest BCUT2D eigenvalue weighted by molar-refractivity contribution is 5.76. The van der Waals surface area contributed by atoms with Gasteiger partial charge in [0.2, 0.25) is 0 Å². The number of halogens is 1. The highest BCUT2D eigenvalue weighted by atomic mass is 19.1. The molecule has 0 amide bonds. The number of aliphatic carboxylic acids is 1. The van der Waals surface area contributed by atoms with Crippen LogP contribution >= 0.6 is 0 Å². The van der Waals surface area contributed by atoms with Gasteiger partial charge in [0.15, 0.2) is 0 Å². The third-order valence-electron chi connectivity index (χ3n) is 6.72. The van der Waals surface area contributed by atoms with E-state index in [9.17, 15) is 19.4 Å². The summed E-state index contributed by atoms with van der Waals surface area (Å²) in [6, 6.07) is 23.0. The zero-order valence-electron chi connectivity index (χ0n) is 20.2. The standard InChI is InChI=1S/C30H33FO4/c1-3-30(4-2,23-8-6-5-7-9-23)24-14-10-21(13-17-26(32)19-27(33)20-29(34)35)28(18-24)22-11-15-25(31)16-12-22/h5-18,26-27,32-33H,3-4,19-20H2,1-2H3,(H,34,35)/t26-,27-/m1/s1. The van der Waals surface area contributed by atoms with E-state index >= 15 is 0 Å². The van der Waals surface area contributed by atoms with Crippen molar-refractivity contribution in [3.05, 3.63) is 101 Å². The van der Waals surface area contributed by atoms with Gasteiger partial charge in [-0.1, -0.05) is 80.6 Å². The highest BCUT2D eigenvalue weighted by Gasteiger charge is 2.31. The summed E-state index contributed by atoms with van der Waals surface area (Å²) >= 11 is 0. The Morgan fingerprint density at radius 1 is 0.943 bits per heavy atom. The van der Waals surface area contributed by atoms with Crippen LogP contribution in [0.5, 0.6) is 0 Å². The van der Waals surface area contributed by atoms with Crippen LogP contribution in [0.1, 0.15) is 56.2 Å². The molecule has 2 atom stereocenters. The fraction of sp³-hybridized carbons (Fsp3) is 0.300. The third-order valence-corrected chi connectivity index (χ3v) is 6.72. The van der Waals surface area contributed by atoms with E-state index in [0.29, 0.717) is 0 Å². The van der Waals surface area contributed by atoms with E-state index in [4.69, 9.17) is 5.11 Å². The first-order valence-corrected chi connectivity index (χ1v) is 12.0. The second-order valence-corrected chi connectivity index (χ2v) is 8.88. The normalized spacial score (nSPS) is 13.6. The molecule has 3 aromatic carbocycles. The van der Waals surface area contributed by atoms with E-state index in [2.05, 4.69) is 38.1 Å². The number of hydrogen-bond donors (Lipinski definition) is 3. The average molecular weight is 477 g/mol. The van der Waals surface area contributed by atoms with Crippen LogP contribution in [0.3, 0.4) is 0 Å². The lowest BCUT2D eigenvalue weighted by atomic mass is 9.70. The molecule has 0 aliphatic carbocycles. The van der Waals surface area contributed by atoms with Crippen molar-refractivity contribution in [1.82, 2.24) is 0 Å². The maximum Gasteiger partial charge on any atom is 0.305 e. The summed E-state index contributed by atoms with van der Waals surface area (Å²) < 4.78 is 13.7. The zero-order chi connectivity index (χ0) is 25.4. The fourth-order valence-electron chi connectivity index (χ4n) is 4.73. The summed E-state index contributed by atoms with van der Waals surface area (Å²) in [7, 11) is 0. The van der Waals surface area contributed by atoms with E-state index in [1.54, 1.807) is 24.3 Å². The first-order chi connectivity index (χ1) is 16.8. The Kier molecular flexibility index (Phi) is 8.96. The van der Waals surface area contributed by atoms with Crippen molar-refractivity contribution >= 4 is 12.0 Å². The molecule has 0 fully saturated rings. The molecule has 3 aromatic rings. The summed E-state index contributed by atoms with van der Waals surface area (Å²) in [5.41, 5.74) is 4.80. The van der Waals surface area contributed by atoms with E-state index in [1.165, 1.54) is 17.7 Å². The molecular weight excluding hydrogens is 443 g/mol. The van der Waals surface area contributed by atoms with Crippen molar-refractivity contribution in [1.29, 1.82) is 0 Å².